The minimum Gasteiger partial charge on any atom is -0.344 e. The lowest BCUT2D eigenvalue weighted by Crippen LogP contribution is -2.34. The van der Waals surface area contributed by atoms with Crippen LogP contribution in [0.1, 0.15) is 57.8 Å². The number of carbonyl (C=O) groups is 2. The number of hydrogen-bond donors (Lipinski definition) is 0. The average Bonchev–Trinajstić information content (AvgIpc) is 3.30. The van der Waals surface area contributed by atoms with Gasteiger partial charge in [0.05, 0.1) is 17.1 Å². The van der Waals surface area contributed by atoms with Gasteiger partial charge in [-0.05, 0) is 31.4 Å². The molecular weight excluding hydrogens is 340 g/mol. The van der Waals surface area contributed by atoms with Crippen molar-refractivity contribution in [1.29, 1.82) is 0 Å². The number of imidazole rings is 1. The van der Waals surface area contributed by atoms with Crippen LogP contribution in [0.15, 0.2) is 24.3 Å². The second kappa shape index (κ2) is 8.55. The highest BCUT2D eigenvalue weighted by Crippen LogP contribution is 2.33. The molecule has 1 aliphatic rings. The number of hydrogen-bond acceptors (Lipinski definition) is 3. The monoisotopic (exact) mass is 370 g/mol. The fourth-order valence-electron chi connectivity index (χ4n) is 3.83. The molecule has 0 aliphatic carbocycles. The molecule has 6 heteroatoms. The molecule has 2 aromatic rings. The summed E-state index contributed by atoms with van der Waals surface area (Å²) in [6, 6.07) is 7.87. The highest BCUT2D eigenvalue weighted by Gasteiger charge is 2.33. The Kier molecular flexibility index (Phi) is 6.14. The molecular formula is C21H30N4O2. The second-order valence-corrected chi connectivity index (χ2v) is 7.31. The molecule has 1 saturated heterocycles. The number of nitrogens with zero attached hydrogens (tertiary/aromatic N) is 4. The van der Waals surface area contributed by atoms with Gasteiger partial charge in [0.2, 0.25) is 11.8 Å². The van der Waals surface area contributed by atoms with E-state index in [-0.39, 0.29) is 24.4 Å². The maximum absolute atomic E-state index is 12.8. The van der Waals surface area contributed by atoms with Crippen molar-refractivity contribution < 1.29 is 9.59 Å². The maximum atomic E-state index is 12.8. The zero-order chi connectivity index (χ0) is 19.4. The van der Waals surface area contributed by atoms with Crippen LogP contribution in [0, 0.1) is 0 Å². The molecule has 1 aromatic carbocycles. The Balaban J connectivity index is 1.95. The summed E-state index contributed by atoms with van der Waals surface area (Å²) in [5.41, 5.74) is 1.84. The number of benzene rings is 1. The summed E-state index contributed by atoms with van der Waals surface area (Å²) in [6.07, 6.45) is 4.43. The van der Waals surface area contributed by atoms with E-state index in [1.165, 1.54) is 0 Å². The Morgan fingerprint density at radius 2 is 2.04 bits per heavy atom. The van der Waals surface area contributed by atoms with Crippen LogP contribution in [0.25, 0.3) is 11.0 Å². The normalized spacial score (nSPS) is 16.9. The van der Waals surface area contributed by atoms with Crippen LogP contribution >= 0.6 is 0 Å². The van der Waals surface area contributed by atoms with Crippen molar-refractivity contribution in [3.05, 3.63) is 30.1 Å². The van der Waals surface area contributed by atoms with Gasteiger partial charge in [-0.2, -0.15) is 0 Å². The molecule has 0 radical (unpaired) electrons. The Bertz CT molecular complexity index is 814. The van der Waals surface area contributed by atoms with Crippen LogP contribution < -0.4 is 0 Å². The standard InChI is InChI=1S/C21H30N4O2/c1-4-6-13-23(3)20(27)15-25-17-11-8-7-10-16(17)22-21(25)18-12-9-14-24(18)19(26)5-2/h7-8,10-11,18H,4-6,9,12-15H2,1-3H3/t18-/m0/s1. The Labute approximate surface area is 161 Å². The first kappa shape index (κ1) is 19.4. The van der Waals surface area contributed by atoms with Crippen LogP contribution in [0.3, 0.4) is 0 Å². The molecule has 1 aromatic heterocycles. The van der Waals surface area contributed by atoms with Crippen LogP contribution in [-0.2, 0) is 16.1 Å². The molecule has 0 N–H and O–H groups in total. The van der Waals surface area contributed by atoms with Gasteiger partial charge in [0.1, 0.15) is 12.4 Å². The molecule has 3 rings (SSSR count). The van der Waals surface area contributed by atoms with E-state index in [0.29, 0.717) is 6.42 Å². The molecule has 1 atom stereocenters. The molecule has 0 unspecified atom stereocenters. The van der Waals surface area contributed by atoms with E-state index in [1.807, 2.05) is 47.7 Å². The first-order valence-electron chi connectivity index (χ1n) is 10.0. The van der Waals surface area contributed by atoms with Gasteiger partial charge >= 0.3 is 0 Å². The molecule has 0 bridgehead atoms. The summed E-state index contributed by atoms with van der Waals surface area (Å²) >= 11 is 0. The Hall–Kier alpha value is -2.37. The number of unbranched alkanes of at least 4 members (excludes halogenated alkanes) is 1. The van der Waals surface area contributed by atoms with E-state index in [4.69, 9.17) is 4.98 Å². The second-order valence-electron chi connectivity index (χ2n) is 7.31. The van der Waals surface area contributed by atoms with Crippen LogP contribution in [0.2, 0.25) is 0 Å². The number of carbonyl (C=O) groups excluding carboxylic acids is 2. The molecule has 1 aliphatic heterocycles. The average molecular weight is 370 g/mol. The third-order valence-corrected chi connectivity index (χ3v) is 5.42. The minimum atomic E-state index is -0.0430. The largest absolute Gasteiger partial charge is 0.344 e. The summed E-state index contributed by atoms with van der Waals surface area (Å²) in [4.78, 5) is 33.7. The Morgan fingerprint density at radius 3 is 2.78 bits per heavy atom. The minimum absolute atomic E-state index is 0.0430. The molecule has 2 heterocycles. The summed E-state index contributed by atoms with van der Waals surface area (Å²) in [5, 5.41) is 0. The number of fused-ring (bicyclic) bond motifs is 1. The highest BCUT2D eigenvalue weighted by molar-refractivity contribution is 5.82. The predicted molar refractivity (Wildman–Crippen MR) is 106 cm³/mol. The third-order valence-electron chi connectivity index (χ3n) is 5.42. The predicted octanol–water partition coefficient (Wildman–Crippen LogP) is 3.37. The summed E-state index contributed by atoms with van der Waals surface area (Å²) < 4.78 is 2.02. The summed E-state index contributed by atoms with van der Waals surface area (Å²) in [7, 11) is 1.86. The van der Waals surface area contributed by atoms with Gasteiger partial charge in [0.25, 0.3) is 0 Å². The number of aromatic nitrogens is 2. The fraction of sp³-hybridized carbons (Fsp3) is 0.571. The van der Waals surface area contributed by atoms with Crippen molar-refractivity contribution in [1.82, 2.24) is 19.4 Å². The number of para-hydroxylation sites is 2. The van der Waals surface area contributed by atoms with Crippen LogP contribution in [0.4, 0.5) is 0 Å². The van der Waals surface area contributed by atoms with Crippen molar-refractivity contribution >= 4 is 22.8 Å². The van der Waals surface area contributed by atoms with E-state index in [0.717, 1.165) is 55.6 Å². The number of likely N-dealkylation sites (tertiary alicyclic amines) is 1. The lowest BCUT2D eigenvalue weighted by atomic mass is 10.2. The van der Waals surface area contributed by atoms with Gasteiger partial charge in [0.15, 0.2) is 0 Å². The van der Waals surface area contributed by atoms with Crippen molar-refractivity contribution in [3.63, 3.8) is 0 Å². The van der Waals surface area contributed by atoms with Crippen molar-refractivity contribution in [2.75, 3.05) is 20.1 Å². The van der Waals surface area contributed by atoms with Crippen molar-refractivity contribution in [2.45, 2.75) is 58.5 Å². The van der Waals surface area contributed by atoms with Crippen molar-refractivity contribution in [2.24, 2.45) is 0 Å². The zero-order valence-corrected chi connectivity index (χ0v) is 16.6. The SMILES string of the molecule is CCCCN(C)C(=O)Cn1c([C@@H]2CCCN2C(=O)CC)nc2ccccc21. The van der Waals surface area contributed by atoms with E-state index in [1.54, 1.807) is 4.90 Å². The van der Waals surface area contributed by atoms with Gasteiger partial charge in [-0.25, -0.2) is 4.98 Å². The van der Waals surface area contributed by atoms with Gasteiger partial charge in [0, 0.05) is 26.6 Å². The highest BCUT2D eigenvalue weighted by atomic mass is 16.2. The van der Waals surface area contributed by atoms with E-state index < -0.39 is 0 Å². The topological polar surface area (TPSA) is 58.4 Å². The smallest absolute Gasteiger partial charge is 0.242 e. The molecule has 146 valence electrons. The molecule has 1 fully saturated rings. The first-order valence-corrected chi connectivity index (χ1v) is 10.0. The van der Waals surface area contributed by atoms with Crippen molar-refractivity contribution in [3.8, 4) is 0 Å². The number of rotatable bonds is 7. The van der Waals surface area contributed by atoms with E-state index >= 15 is 0 Å². The molecule has 27 heavy (non-hydrogen) atoms. The van der Waals surface area contributed by atoms with Gasteiger partial charge < -0.3 is 14.4 Å². The van der Waals surface area contributed by atoms with E-state index in [9.17, 15) is 9.59 Å². The molecule has 0 spiro atoms. The van der Waals surface area contributed by atoms with Crippen LogP contribution in [-0.4, -0.2) is 51.3 Å². The Morgan fingerprint density at radius 1 is 1.26 bits per heavy atom. The summed E-state index contributed by atoms with van der Waals surface area (Å²) in [5.74, 6) is 1.08. The lowest BCUT2D eigenvalue weighted by Gasteiger charge is -2.25. The van der Waals surface area contributed by atoms with Gasteiger partial charge in [-0.3, -0.25) is 9.59 Å². The lowest BCUT2D eigenvalue weighted by molar-refractivity contribution is -0.131. The first-order chi connectivity index (χ1) is 13.1. The summed E-state index contributed by atoms with van der Waals surface area (Å²) in [6.45, 7) is 5.82. The zero-order valence-electron chi connectivity index (χ0n) is 16.6. The van der Waals surface area contributed by atoms with E-state index in [2.05, 4.69) is 6.92 Å². The third kappa shape index (κ3) is 3.99. The molecule has 6 nitrogen and oxygen atoms in total. The molecule has 0 saturated carbocycles. The molecule has 2 amide bonds. The van der Waals surface area contributed by atoms with Gasteiger partial charge in [-0.15, -0.1) is 0 Å². The van der Waals surface area contributed by atoms with Crippen LogP contribution in [0.5, 0.6) is 0 Å². The quantitative estimate of drug-likeness (QED) is 0.751. The number of amides is 2. The number of likely N-dealkylation sites (N-methyl/N-ethyl adjacent to an activating group) is 1. The maximum Gasteiger partial charge on any atom is 0.242 e. The fourth-order valence-corrected chi connectivity index (χ4v) is 3.83. The van der Waals surface area contributed by atoms with Gasteiger partial charge in [-0.1, -0.05) is 32.4 Å².